The summed E-state index contributed by atoms with van der Waals surface area (Å²) >= 11 is 1.83. The topological polar surface area (TPSA) is 15.7 Å². The molecular formula is C25H26N2OS. The molecule has 2 heterocycles. The number of nitrogens with zero attached hydrogens (tertiary/aromatic N) is 2. The van der Waals surface area contributed by atoms with Gasteiger partial charge in [0, 0.05) is 46.8 Å². The molecule has 0 N–H and O–H groups in total. The van der Waals surface area contributed by atoms with Gasteiger partial charge in [0.05, 0.1) is 0 Å². The molecule has 1 aliphatic rings. The molecule has 0 spiro atoms. The third-order valence-corrected chi connectivity index (χ3v) is 7.23. The Morgan fingerprint density at radius 3 is 2.55 bits per heavy atom. The molecule has 4 aromatic rings. The molecule has 1 saturated heterocycles. The maximum absolute atomic E-state index is 6.25. The molecule has 29 heavy (non-hydrogen) atoms. The van der Waals surface area contributed by atoms with Crippen molar-refractivity contribution in [3.8, 4) is 5.75 Å². The highest BCUT2D eigenvalue weighted by atomic mass is 32.1. The van der Waals surface area contributed by atoms with E-state index in [1.165, 1.54) is 37.0 Å². The van der Waals surface area contributed by atoms with Crippen LogP contribution in [0.2, 0.25) is 0 Å². The summed E-state index contributed by atoms with van der Waals surface area (Å²) in [6.45, 7) is 7.18. The van der Waals surface area contributed by atoms with Crippen molar-refractivity contribution in [1.29, 1.82) is 0 Å². The summed E-state index contributed by atoms with van der Waals surface area (Å²) in [5, 5.41) is 3.89. The van der Waals surface area contributed by atoms with E-state index in [4.69, 9.17) is 4.74 Å². The number of fused-ring (bicyclic) bond motifs is 2. The summed E-state index contributed by atoms with van der Waals surface area (Å²) in [5.74, 6) is 0.941. The van der Waals surface area contributed by atoms with Gasteiger partial charge in [-0.3, -0.25) is 0 Å². The van der Waals surface area contributed by atoms with Crippen LogP contribution in [0.3, 0.4) is 0 Å². The predicted molar refractivity (Wildman–Crippen MR) is 125 cm³/mol. The largest absolute Gasteiger partial charge is 0.488 e. The van der Waals surface area contributed by atoms with Gasteiger partial charge in [-0.2, -0.15) is 0 Å². The Bertz CT molecular complexity index is 1160. The third kappa shape index (κ3) is 3.59. The lowest BCUT2D eigenvalue weighted by atomic mass is 10.1. The second kappa shape index (κ2) is 7.69. The van der Waals surface area contributed by atoms with E-state index in [1.807, 2.05) is 11.3 Å². The van der Waals surface area contributed by atoms with Crippen molar-refractivity contribution in [2.45, 2.75) is 13.5 Å². The first-order chi connectivity index (χ1) is 14.2. The SMILES string of the molecule is Cc1c(COc2ccc3cccc(N4CCN(C)CC4)c3c2)sc2ccccc12. The number of hydrogen-bond acceptors (Lipinski definition) is 4. The molecule has 3 nitrogen and oxygen atoms in total. The first-order valence-corrected chi connectivity index (χ1v) is 11.1. The van der Waals surface area contributed by atoms with Crippen molar-refractivity contribution in [3.05, 3.63) is 71.1 Å². The molecule has 0 atom stereocenters. The van der Waals surface area contributed by atoms with Gasteiger partial charge in [-0.05, 0) is 54.6 Å². The predicted octanol–water partition coefficient (Wildman–Crippen LogP) is 5.69. The van der Waals surface area contributed by atoms with Crippen LogP contribution in [0.25, 0.3) is 20.9 Å². The molecule has 0 aliphatic carbocycles. The number of hydrogen-bond donors (Lipinski definition) is 0. The van der Waals surface area contributed by atoms with E-state index in [1.54, 1.807) is 0 Å². The van der Waals surface area contributed by atoms with E-state index in [2.05, 4.69) is 84.4 Å². The van der Waals surface area contributed by atoms with Crippen molar-refractivity contribution in [3.63, 3.8) is 0 Å². The third-order valence-electron chi connectivity index (χ3n) is 5.99. The Morgan fingerprint density at radius 1 is 0.897 bits per heavy atom. The van der Waals surface area contributed by atoms with Crippen LogP contribution < -0.4 is 9.64 Å². The van der Waals surface area contributed by atoms with Crippen molar-refractivity contribution in [1.82, 2.24) is 4.90 Å². The molecule has 0 saturated carbocycles. The van der Waals surface area contributed by atoms with Crippen LogP contribution in [0.15, 0.2) is 60.7 Å². The quantitative estimate of drug-likeness (QED) is 0.436. The molecule has 0 radical (unpaired) electrons. The second-order valence-corrected chi connectivity index (χ2v) is 9.02. The minimum Gasteiger partial charge on any atom is -0.488 e. The average molecular weight is 403 g/mol. The Kier molecular flexibility index (Phi) is 4.90. The molecule has 0 unspecified atom stereocenters. The number of thiophene rings is 1. The van der Waals surface area contributed by atoms with E-state index in [-0.39, 0.29) is 0 Å². The zero-order valence-corrected chi connectivity index (χ0v) is 17.8. The van der Waals surface area contributed by atoms with Gasteiger partial charge < -0.3 is 14.5 Å². The first-order valence-electron chi connectivity index (χ1n) is 10.2. The van der Waals surface area contributed by atoms with Crippen molar-refractivity contribution in [2.75, 3.05) is 38.1 Å². The van der Waals surface area contributed by atoms with E-state index in [0.717, 1.165) is 31.9 Å². The summed E-state index contributed by atoms with van der Waals surface area (Å²) in [7, 11) is 2.20. The number of ether oxygens (including phenoxy) is 1. The van der Waals surface area contributed by atoms with Crippen LogP contribution in [-0.2, 0) is 6.61 Å². The standard InChI is InChI=1S/C25H26N2OS/c1-18-21-7-3-4-9-24(21)29-25(18)17-28-20-11-10-19-6-5-8-23(22(19)16-20)27-14-12-26(2)13-15-27/h3-11,16H,12-15,17H2,1-2H3. The molecule has 0 bridgehead atoms. The first kappa shape index (κ1) is 18.5. The maximum Gasteiger partial charge on any atom is 0.123 e. The molecule has 4 heteroatoms. The summed E-state index contributed by atoms with van der Waals surface area (Å²) in [5.41, 5.74) is 2.66. The van der Waals surface area contributed by atoms with Gasteiger partial charge in [0.15, 0.2) is 0 Å². The highest BCUT2D eigenvalue weighted by Crippen LogP contribution is 2.33. The molecule has 0 amide bonds. The second-order valence-electron chi connectivity index (χ2n) is 7.89. The number of anilines is 1. The lowest BCUT2D eigenvalue weighted by Crippen LogP contribution is -2.44. The lowest BCUT2D eigenvalue weighted by Gasteiger charge is -2.34. The molecule has 1 aliphatic heterocycles. The van der Waals surface area contributed by atoms with Crippen LogP contribution in [-0.4, -0.2) is 38.1 Å². The number of piperazine rings is 1. The average Bonchev–Trinajstić information content (AvgIpc) is 3.08. The van der Waals surface area contributed by atoms with Crippen LogP contribution >= 0.6 is 11.3 Å². The van der Waals surface area contributed by atoms with E-state index >= 15 is 0 Å². The highest BCUT2D eigenvalue weighted by Gasteiger charge is 2.16. The lowest BCUT2D eigenvalue weighted by molar-refractivity contribution is 0.309. The smallest absolute Gasteiger partial charge is 0.123 e. The van der Waals surface area contributed by atoms with E-state index in [9.17, 15) is 0 Å². The summed E-state index contributed by atoms with van der Waals surface area (Å²) in [6, 6.07) is 21.7. The van der Waals surface area contributed by atoms with Gasteiger partial charge in [-0.1, -0.05) is 36.4 Å². The van der Waals surface area contributed by atoms with Crippen molar-refractivity contribution < 1.29 is 4.74 Å². The Balaban J connectivity index is 1.41. The van der Waals surface area contributed by atoms with Crippen LogP contribution in [0.1, 0.15) is 10.4 Å². The Morgan fingerprint density at radius 2 is 1.72 bits per heavy atom. The zero-order valence-electron chi connectivity index (χ0n) is 17.0. The fourth-order valence-corrected chi connectivity index (χ4v) is 5.28. The minimum absolute atomic E-state index is 0.618. The van der Waals surface area contributed by atoms with Crippen LogP contribution in [0.5, 0.6) is 5.75 Å². The number of aryl methyl sites for hydroxylation is 1. The monoisotopic (exact) mass is 402 g/mol. The molecule has 1 fully saturated rings. The summed E-state index contributed by atoms with van der Waals surface area (Å²) in [4.78, 5) is 6.20. The number of benzene rings is 3. The maximum atomic E-state index is 6.25. The highest BCUT2D eigenvalue weighted by molar-refractivity contribution is 7.19. The van der Waals surface area contributed by atoms with Crippen molar-refractivity contribution >= 4 is 37.9 Å². The molecule has 1 aromatic heterocycles. The number of rotatable bonds is 4. The summed E-state index contributed by atoms with van der Waals surface area (Å²) < 4.78 is 7.59. The van der Waals surface area contributed by atoms with Gasteiger partial charge in [0.1, 0.15) is 12.4 Å². The number of likely N-dealkylation sites (N-methyl/N-ethyl adjacent to an activating group) is 1. The van der Waals surface area contributed by atoms with Gasteiger partial charge in [-0.15, -0.1) is 11.3 Å². The molecule has 3 aromatic carbocycles. The van der Waals surface area contributed by atoms with Gasteiger partial charge in [-0.25, -0.2) is 0 Å². The molecule has 148 valence electrons. The fraction of sp³-hybridized carbons (Fsp3) is 0.280. The van der Waals surface area contributed by atoms with Gasteiger partial charge in [0.25, 0.3) is 0 Å². The van der Waals surface area contributed by atoms with Crippen molar-refractivity contribution in [2.24, 2.45) is 0 Å². The Labute approximate surface area is 176 Å². The summed E-state index contributed by atoms with van der Waals surface area (Å²) in [6.07, 6.45) is 0. The van der Waals surface area contributed by atoms with Gasteiger partial charge in [0.2, 0.25) is 0 Å². The molecule has 5 rings (SSSR count). The zero-order chi connectivity index (χ0) is 19.8. The normalized spacial score (nSPS) is 15.3. The van der Waals surface area contributed by atoms with E-state index < -0.39 is 0 Å². The van der Waals surface area contributed by atoms with Gasteiger partial charge >= 0.3 is 0 Å². The van der Waals surface area contributed by atoms with E-state index in [0.29, 0.717) is 6.61 Å². The Hall–Kier alpha value is -2.56. The van der Waals surface area contributed by atoms with Crippen LogP contribution in [0.4, 0.5) is 5.69 Å². The van der Waals surface area contributed by atoms with Crippen LogP contribution in [0, 0.1) is 6.92 Å². The molecular weight excluding hydrogens is 376 g/mol. The minimum atomic E-state index is 0.618. The fourth-order valence-electron chi connectivity index (χ4n) is 4.16.